The largest absolute Gasteiger partial charge is 0.496 e. The molecule has 2 rings (SSSR count). The van der Waals surface area contributed by atoms with E-state index in [-0.39, 0.29) is 0 Å². The van der Waals surface area contributed by atoms with Gasteiger partial charge in [-0.15, -0.1) is 0 Å². The lowest BCUT2D eigenvalue weighted by atomic mass is 9.91. The third kappa shape index (κ3) is 4.65. The SMILES string of the molecule is CNC(C)c1ccc(OC)c(CSC2CCCC(C)C2)c1. The molecule has 21 heavy (non-hydrogen) atoms. The summed E-state index contributed by atoms with van der Waals surface area (Å²) in [5, 5.41) is 4.13. The third-order valence-corrected chi connectivity index (χ3v) is 5.98. The van der Waals surface area contributed by atoms with Crippen LogP contribution in [0.3, 0.4) is 0 Å². The van der Waals surface area contributed by atoms with Crippen molar-refractivity contribution >= 4 is 11.8 Å². The van der Waals surface area contributed by atoms with E-state index < -0.39 is 0 Å². The summed E-state index contributed by atoms with van der Waals surface area (Å²) in [5.74, 6) is 2.98. The molecule has 3 atom stereocenters. The number of thioether (sulfide) groups is 1. The maximum absolute atomic E-state index is 5.54. The van der Waals surface area contributed by atoms with Crippen molar-refractivity contribution in [1.82, 2.24) is 5.32 Å². The van der Waals surface area contributed by atoms with E-state index in [2.05, 4.69) is 49.1 Å². The average molecular weight is 308 g/mol. The van der Waals surface area contributed by atoms with Crippen LogP contribution in [0, 0.1) is 5.92 Å². The first-order valence-corrected chi connectivity index (χ1v) is 9.14. The molecule has 1 saturated carbocycles. The molecule has 118 valence electrons. The van der Waals surface area contributed by atoms with Crippen LogP contribution in [0.5, 0.6) is 5.75 Å². The summed E-state index contributed by atoms with van der Waals surface area (Å²) in [6, 6.07) is 6.97. The van der Waals surface area contributed by atoms with Gasteiger partial charge in [-0.1, -0.05) is 25.8 Å². The van der Waals surface area contributed by atoms with Crippen molar-refractivity contribution in [3.05, 3.63) is 29.3 Å². The maximum Gasteiger partial charge on any atom is 0.122 e. The summed E-state index contributed by atoms with van der Waals surface area (Å²) in [6.45, 7) is 4.59. The van der Waals surface area contributed by atoms with E-state index in [9.17, 15) is 0 Å². The van der Waals surface area contributed by atoms with E-state index in [4.69, 9.17) is 4.74 Å². The highest BCUT2D eigenvalue weighted by atomic mass is 32.2. The van der Waals surface area contributed by atoms with E-state index in [0.29, 0.717) is 6.04 Å². The lowest BCUT2D eigenvalue weighted by Gasteiger charge is -2.26. The van der Waals surface area contributed by atoms with Gasteiger partial charge in [0.05, 0.1) is 7.11 Å². The quantitative estimate of drug-likeness (QED) is 0.816. The Balaban J connectivity index is 2.03. The molecule has 0 radical (unpaired) electrons. The fourth-order valence-electron chi connectivity index (χ4n) is 3.08. The summed E-state index contributed by atoms with van der Waals surface area (Å²) in [7, 11) is 3.78. The Morgan fingerprint density at radius 1 is 1.38 bits per heavy atom. The highest BCUT2D eigenvalue weighted by Gasteiger charge is 2.19. The molecular weight excluding hydrogens is 278 g/mol. The summed E-state index contributed by atoms with van der Waals surface area (Å²) >= 11 is 2.11. The standard InChI is InChI=1S/C18H29NOS/c1-13-6-5-7-17(10-13)21-12-16-11-15(14(2)19-3)8-9-18(16)20-4/h8-9,11,13-14,17,19H,5-7,10,12H2,1-4H3. The Hall–Kier alpha value is -0.670. The van der Waals surface area contributed by atoms with Crippen LogP contribution in [-0.4, -0.2) is 19.4 Å². The fraction of sp³-hybridized carbons (Fsp3) is 0.667. The Morgan fingerprint density at radius 2 is 2.19 bits per heavy atom. The van der Waals surface area contributed by atoms with Crippen molar-refractivity contribution in [1.29, 1.82) is 0 Å². The van der Waals surface area contributed by atoms with Crippen LogP contribution < -0.4 is 10.1 Å². The zero-order valence-electron chi connectivity index (χ0n) is 13.8. The molecule has 2 nitrogen and oxygen atoms in total. The number of hydrogen-bond donors (Lipinski definition) is 1. The molecular formula is C18H29NOS. The topological polar surface area (TPSA) is 21.3 Å². The minimum atomic E-state index is 0.384. The Labute approximate surface area is 134 Å². The van der Waals surface area contributed by atoms with Crippen LogP contribution in [0.25, 0.3) is 0 Å². The van der Waals surface area contributed by atoms with Crippen LogP contribution >= 0.6 is 11.8 Å². The highest BCUT2D eigenvalue weighted by molar-refractivity contribution is 7.99. The molecule has 0 spiro atoms. The lowest BCUT2D eigenvalue weighted by Crippen LogP contribution is -2.15. The van der Waals surface area contributed by atoms with Crippen molar-refractivity contribution in [2.45, 2.75) is 56.6 Å². The van der Waals surface area contributed by atoms with Crippen molar-refractivity contribution < 1.29 is 4.74 Å². The van der Waals surface area contributed by atoms with Gasteiger partial charge >= 0.3 is 0 Å². The van der Waals surface area contributed by atoms with E-state index >= 15 is 0 Å². The number of hydrogen-bond acceptors (Lipinski definition) is 3. The van der Waals surface area contributed by atoms with Crippen LogP contribution in [-0.2, 0) is 5.75 Å². The molecule has 0 heterocycles. The second-order valence-electron chi connectivity index (χ2n) is 6.29. The molecule has 1 fully saturated rings. The fourth-order valence-corrected chi connectivity index (χ4v) is 4.52. The molecule has 0 amide bonds. The molecule has 1 aromatic rings. The van der Waals surface area contributed by atoms with E-state index in [1.807, 2.05) is 7.05 Å². The molecule has 0 bridgehead atoms. The monoisotopic (exact) mass is 307 g/mol. The van der Waals surface area contributed by atoms with Crippen molar-refractivity contribution in [3.8, 4) is 5.75 Å². The highest BCUT2D eigenvalue weighted by Crippen LogP contribution is 2.35. The lowest BCUT2D eigenvalue weighted by molar-refractivity contribution is 0.394. The maximum atomic E-state index is 5.54. The molecule has 3 heteroatoms. The molecule has 1 N–H and O–H groups in total. The molecule has 1 aromatic carbocycles. The van der Waals surface area contributed by atoms with Crippen LogP contribution in [0.15, 0.2) is 18.2 Å². The Bertz CT molecular complexity index is 449. The molecule has 0 aliphatic heterocycles. The van der Waals surface area contributed by atoms with Gasteiger partial charge in [0.15, 0.2) is 0 Å². The number of nitrogens with one attached hydrogen (secondary N) is 1. The summed E-state index contributed by atoms with van der Waals surface area (Å²) in [4.78, 5) is 0. The second kappa shape index (κ2) is 8.09. The summed E-state index contributed by atoms with van der Waals surface area (Å²) in [6.07, 6.45) is 5.56. The van der Waals surface area contributed by atoms with Gasteiger partial charge in [0.25, 0.3) is 0 Å². The average Bonchev–Trinajstić information content (AvgIpc) is 2.52. The zero-order valence-corrected chi connectivity index (χ0v) is 14.6. The van der Waals surface area contributed by atoms with Crippen molar-refractivity contribution in [2.24, 2.45) is 5.92 Å². The minimum absolute atomic E-state index is 0.384. The van der Waals surface area contributed by atoms with E-state index in [1.54, 1.807) is 7.11 Å². The first-order chi connectivity index (χ1) is 10.1. The molecule has 0 aromatic heterocycles. The second-order valence-corrected chi connectivity index (χ2v) is 7.58. The van der Waals surface area contributed by atoms with E-state index in [0.717, 1.165) is 22.7 Å². The molecule has 1 aliphatic rings. The Morgan fingerprint density at radius 3 is 2.86 bits per heavy atom. The van der Waals surface area contributed by atoms with Crippen molar-refractivity contribution in [2.75, 3.05) is 14.2 Å². The minimum Gasteiger partial charge on any atom is -0.496 e. The first kappa shape index (κ1) is 16.7. The van der Waals surface area contributed by atoms with Crippen LogP contribution in [0.2, 0.25) is 0 Å². The predicted molar refractivity (Wildman–Crippen MR) is 93.2 cm³/mol. The smallest absolute Gasteiger partial charge is 0.122 e. The molecule has 3 unspecified atom stereocenters. The van der Waals surface area contributed by atoms with Gasteiger partial charge in [-0.2, -0.15) is 11.8 Å². The summed E-state index contributed by atoms with van der Waals surface area (Å²) < 4.78 is 5.54. The van der Waals surface area contributed by atoms with Gasteiger partial charge in [0.1, 0.15) is 5.75 Å². The van der Waals surface area contributed by atoms with Gasteiger partial charge in [0, 0.05) is 22.6 Å². The normalized spacial score (nSPS) is 23.8. The summed E-state index contributed by atoms with van der Waals surface area (Å²) in [5.41, 5.74) is 2.67. The number of methoxy groups -OCH3 is 1. The molecule has 1 aliphatic carbocycles. The molecule has 0 saturated heterocycles. The number of benzene rings is 1. The van der Waals surface area contributed by atoms with Crippen LogP contribution in [0.4, 0.5) is 0 Å². The Kier molecular flexibility index (Phi) is 6.43. The zero-order chi connectivity index (χ0) is 15.2. The van der Waals surface area contributed by atoms with Crippen LogP contribution in [0.1, 0.15) is 56.7 Å². The first-order valence-electron chi connectivity index (χ1n) is 8.09. The third-order valence-electron chi connectivity index (χ3n) is 4.60. The number of ether oxygens (including phenoxy) is 1. The van der Waals surface area contributed by atoms with Crippen molar-refractivity contribution in [3.63, 3.8) is 0 Å². The predicted octanol–water partition coefficient (Wildman–Crippen LogP) is 4.79. The van der Waals surface area contributed by atoms with Gasteiger partial charge < -0.3 is 10.1 Å². The van der Waals surface area contributed by atoms with Gasteiger partial charge in [-0.3, -0.25) is 0 Å². The van der Waals surface area contributed by atoms with Gasteiger partial charge in [-0.25, -0.2) is 0 Å². The number of rotatable bonds is 6. The van der Waals surface area contributed by atoms with E-state index in [1.165, 1.54) is 36.8 Å². The van der Waals surface area contributed by atoms with Gasteiger partial charge in [0.2, 0.25) is 0 Å². The van der Waals surface area contributed by atoms with Gasteiger partial charge in [-0.05, 0) is 50.4 Å².